The zero-order valence-corrected chi connectivity index (χ0v) is 20.6. The van der Waals surface area contributed by atoms with Crippen molar-refractivity contribution in [2.75, 3.05) is 13.9 Å². The summed E-state index contributed by atoms with van der Waals surface area (Å²) in [6.07, 6.45) is -0.793. The summed E-state index contributed by atoms with van der Waals surface area (Å²) in [5.41, 5.74) is -1.21. The number of halogens is 1. The summed E-state index contributed by atoms with van der Waals surface area (Å²) in [6, 6.07) is 4.34. The van der Waals surface area contributed by atoms with Gasteiger partial charge in [-0.25, -0.2) is 0 Å². The minimum Gasteiger partial charge on any atom is -0.506 e. The Bertz CT molecular complexity index is 1980. The van der Waals surface area contributed by atoms with Crippen LogP contribution in [0.4, 0.5) is 0 Å². The van der Waals surface area contributed by atoms with E-state index in [2.05, 4.69) is 4.98 Å². The number of aromatic nitrogens is 1. The van der Waals surface area contributed by atoms with Crippen molar-refractivity contribution in [1.29, 1.82) is 0 Å². The zero-order valence-electron chi connectivity index (χ0n) is 19.8. The molecule has 0 saturated heterocycles. The number of aromatic amines is 1. The molecule has 0 saturated carbocycles. The van der Waals surface area contributed by atoms with Crippen LogP contribution in [0.5, 0.6) is 17.2 Å². The third-order valence-electron chi connectivity index (χ3n) is 7.24. The molecule has 11 heteroatoms. The number of Topliss-reactive ketones (excluding diaryl/α,β-unsaturated/α-hetero) is 2. The highest BCUT2D eigenvalue weighted by molar-refractivity contribution is 6.41. The predicted octanol–water partition coefficient (Wildman–Crippen LogP) is 3.95. The predicted molar refractivity (Wildman–Crippen MR) is 135 cm³/mol. The second-order valence-corrected chi connectivity index (χ2v) is 9.67. The third-order valence-corrected chi connectivity index (χ3v) is 7.54. The van der Waals surface area contributed by atoms with E-state index in [0.29, 0.717) is 5.69 Å². The number of phenolic OH excluding ortho intramolecular Hbond substituents is 1. The van der Waals surface area contributed by atoms with E-state index in [1.54, 1.807) is 6.92 Å². The first-order valence-corrected chi connectivity index (χ1v) is 11.9. The van der Waals surface area contributed by atoms with Gasteiger partial charge < -0.3 is 28.7 Å². The van der Waals surface area contributed by atoms with Crippen LogP contribution in [0.3, 0.4) is 0 Å². The van der Waals surface area contributed by atoms with Crippen molar-refractivity contribution in [3.8, 4) is 17.2 Å². The topological polar surface area (TPSA) is 145 Å². The van der Waals surface area contributed by atoms with Crippen LogP contribution in [0.15, 0.2) is 37.8 Å². The molecular formula is C27H16ClNO9. The second-order valence-electron chi connectivity index (χ2n) is 9.26. The molecule has 0 radical (unpaired) electrons. The molecule has 4 aromatic rings. The second kappa shape index (κ2) is 7.56. The number of methoxy groups -OCH3 is 1. The molecule has 0 spiro atoms. The summed E-state index contributed by atoms with van der Waals surface area (Å²) >= 11 is 6.24. The molecule has 3 aliphatic rings. The average molecular weight is 534 g/mol. The standard InChI is InChI=1S/C27H16ClNO9/c1-8-5-10-15(27(34)29-8)21(32)14-11(19(10)30)6-13-16-17(14)22(33)18-20(31)9-3-4-12(28)24(35-2)23(9)38-26(18)25(16)37-7-36-13/h3-5,13,33H,6-7H2,1-2H3,(H,29,34)/t13-/m1/s1. The first kappa shape index (κ1) is 22.8. The van der Waals surface area contributed by atoms with Crippen LogP contribution in [-0.2, 0) is 4.74 Å². The van der Waals surface area contributed by atoms with Gasteiger partial charge in [0.25, 0.3) is 5.56 Å². The lowest BCUT2D eigenvalue weighted by molar-refractivity contribution is -0.0593. The molecule has 0 fully saturated rings. The zero-order chi connectivity index (χ0) is 26.6. The molecule has 0 unspecified atom stereocenters. The van der Waals surface area contributed by atoms with Crippen LogP contribution in [0.25, 0.3) is 27.5 Å². The van der Waals surface area contributed by atoms with Gasteiger partial charge in [0.15, 0.2) is 35.2 Å². The number of H-pyrrole nitrogens is 1. The minimum atomic E-state index is -0.786. The number of carbonyl (C=O) groups is 2. The van der Waals surface area contributed by atoms with E-state index in [-0.39, 0.29) is 85.1 Å². The Morgan fingerprint density at radius 2 is 1.89 bits per heavy atom. The summed E-state index contributed by atoms with van der Waals surface area (Å²) in [5.74, 6) is -1.63. The molecular weight excluding hydrogens is 518 g/mol. The lowest BCUT2D eigenvalue weighted by Crippen LogP contribution is -2.34. The minimum absolute atomic E-state index is 0.00748. The van der Waals surface area contributed by atoms with E-state index < -0.39 is 34.4 Å². The number of ketones is 2. The van der Waals surface area contributed by atoms with Gasteiger partial charge >= 0.3 is 0 Å². The molecule has 2 aliphatic carbocycles. The number of allylic oxidation sites excluding steroid dienone is 1. The molecule has 7 rings (SSSR count). The van der Waals surface area contributed by atoms with Gasteiger partial charge in [-0.1, -0.05) is 11.6 Å². The number of carbonyl (C=O) groups excluding carboxylic acids is 2. The highest BCUT2D eigenvalue weighted by atomic mass is 35.5. The number of rotatable bonds is 1. The molecule has 0 bridgehead atoms. The molecule has 2 aromatic carbocycles. The molecule has 10 nitrogen and oxygen atoms in total. The molecule has 2 aromatic heterocycles. The van der Waals surface area contributed by atoms with Crippen LogP contribution in [-0.4, -0.2) is 35.6 Å². The van der Waals surface area contributed by atoms with Crippen LogP contribution in [0, 0.1) is 6.92 Å². The largest absolute Gasteiger partial charge is 0.506 e. The van der Waals surface area contributed by atoms with Crippen LogP contribution >= 0.6 is 11.6 Å². The van der Waals surface area contributed by atoms with Gasteiger partial charge in [-0.3, -0.25) is 19.2 Å². The van der Waals surface area contributed by atoms with Crippen molar-refractivity contribution in [2.24, 2.45) is 0 Å². The highest BCUT2D eigenvalue weighted by Gasteiger charge is 2.46. The van der Waals surface area contributed by atoms with Crippen LogP contribution in [0.2, 0.25) is 5.02 Å². The number of benzene rings is 2. The average Bonchev–Trinajstić information content (AvgIpc) is 2.88. The number of ether oxygens (including phenoxy) is 3. The van der Waals surface area contributed by atoms with E-state index in [0.717, 1.165) is 0 Å². The molecule has 0 amide bonds. The van der Waals surface area contributed by atoms with E-state index in [1.807, 2.05) is 0 Å². The Morgan fingerprint density at radius 1 is 1.11 bits per heavy atom. The maximum Gasteiger partial charge on any atom is 0.260 e. The van der Waals surface area contributed by atoms with E-state index in [9.17, 15) is 24.3 Å². The van der Waals surface area contributed by atoms with Crippen molar-refractivity contribution in [3.63, 3.8) is 0 Å². The normalized spacial score (nSPS) is 17.8. The fourth-order valence-electron chi connectivity index (χ4n) is 5.66. The highest BCUT2D eigenvalue weighted by Crippen LogP contribution is 2.55. The van der Waals surface area contributed by atoms with Gasteiger partial charge in [-0.05, 0) is 25.1 Å². The number of pyridine rings is 1. The number of aryl methyl sites for hydroxylation is 1. The lowest BCUT2D eigenvalue weighted by Gasteiger charge is -2.35. The smallest absolute Gasteiger partial charge is 0.260 e. The van der Waals surface area contributed by atoms with Crippen molar-refractivity contribution >= 4 is 50.7 Å². The quantitative estimate of drug-likeness (QED) is 0.347. The summed E-state index contributed by atoms with van der Waals surface area (Å²) in [6.45, 7) is 1.38. The Labute approximate surface area is 217 Å². The number of hydrogen-bond acceptors (Lipinski definition) is 9. The third kappa shape index (κ3) is 2.70. The van der Waals surface area contributed by atoms with Crippen LogP contribution < -0.4 is 20.5 Å². The van der Waals surface area contributed by atoms with Crippen molar-refractivity contribution in [3.05, 3.63) is 77.3 Å². The first-order chi connectivity index (χ1) is 18.2. The fraction of sp³-hybridized carbons (Fsp3) is 0.185. The number of hydrogen-bond donors (Lipinski definition) is 2. The number of fused-ring (bicyclic) bond motifs is 5. The monoisotopic (exact) mass is 533 g/mol. The van der Waals surface area contributed by atoms with Crippen LogP contribution in [0.1, 0.15) is 50.1 Å². The Hall–Kier alpha value is -4.41. The van der Waals surface area contributed by atoms with Gasteiger partial charge in [-0.15, -0.1) is 0 Å². The van der Waals surface area contributed by atoms with Gasteiger partial charge in [-0.2, -0.15) is 0 Å². The van der Waals surface area contributed by atoms with Gasteiger partial charge in [0.1, 0.15) is 11.1 Å². The maximum atomic E-state index is 13.8. The van der Waals surface area contributed by atoms with E-state index in [4.69, 9.17) is 30.2 Å². The SMILES string of the molecule is COc1c(Cl)ccc2c(=O)c3c(O)c4c5c(c3oc12)OCO[C@@H]5CC1=C4C(=O)c2c(cc(C)[nH]c2=O)C1=O. The molecule has 1 aliphatic heterocycles. The Balaban J connectivity index is 1.64. The number of aromatic hydroxyl groups is 1. The lowest BCUT2D eigenvalue weighted by atomic mass is 9.73. The first-order valence-electron chi connectivity index (χ1n) is 11.6. The summed E-state index contributed by atoms with van der Waals surface area (Å²) in [5, 5.41) is 11.6. The molecule has 1 atom stereocenters. The van der Waals surface area contributed by atoms with Gasteiger partial charge in [0, 0.05) is 40.0 Å². The number of phenols is 1. The molecule has 38 heavy (non-hydrogen) atoms. The van der Waals surface area contributed by atoms with Crippen molar-refractivity contribution < 1.29 is 33.3 Å². The van der Waals surface area contributed by atoms with Gasteiger partial charge in [0.2, 0.25) is 11.2 Å². The maximum absolute atomic E-state index is 13.8. The van der Waals surface area contributed by atoms with Crippen molar-refractivity contribution in [1.82, 2.24) is 4.98 Å². The summed E-state index contributed by atoms with van der Waals surface area (Å²) in [7, 11) is 1.38. The molecule has 190 valence electrons. The Morgan fingerprint density at radius 3 is 2.66 bits per heavy atom. The fourth-order valence-corrected chi connectivity index (χ4v) is 5.89. The molecule has 3 heterocycles. The number of nitrogens with one attached hydrogen (secondary N) is 1. The Kier molecular flexibility index (Phi) is 4.53. The summed E-state index contributed by atoms with van der Waals surface area (Å²) < 4.78 is 23.0. The van der Waals surface area contributed by atoms with E-state index >= 15 is 0 Å². The van der Waals surface area contributed by atoms with Gasteiger partial charge in [0.05, 0.1) is 29.2 Å². The van der Waals surface area contributed by atoms with E-state index in [1.165, 1.54) is 25.3 Å². The summed E-state index contributed by atoms with van der Waals surface area (Å²) in [4.78, 5) is 56.3. The van der Waals surface area contributed by atoms with Crippen molar-refractivity contribution in [2.45, 2.75) is 19.4 Å². The molecule has 2 N–H and O–H groups in total.